The second kappa shape index (κ2) is 9.64. The van der Waals surface area contributed by atoms with Gasteiger partial charge in [0.15, 0.2) is 0 Å². The predicted molar refractivity (Wildman–Crippen MR) is 101 cm³/mol. The van der Waals surface area contributed by atoms with Crippen molar-refractivity contribution < 1.29 is 9.59 Å². The molecule has 0 aliphatic rings. The summed E-state index contributed by atoms with van der Waals surface area (Å²) in [6.45, 7) is 9.39. The lowest BCUT2D eigenvalue weighted by molar-refractivity contribution is -0.122. The summed E-state index contributed by atoms with van der Waals surface area (Å²) in [6, 6.07) is 6.94. The van der Waals surface area contributed by atoms with Gasteiger partial charge in [0, 0.05) is 18.7 Å². The molecule has 2 amide bonds. The second-order valence-electron chi connectivity index (χ2n) is 7.12. The number of carbonyl (C=O) groups is 2. The van der Waals surface area contributed by atoms with Gasteiger partial charge in [-0.1, -0.05) is 32.9 Å². The Morgan fingerprint density at radius 1 is 1.12 bits per heavy atom. The number of amides is 2. The molecule has 0 aromatic heterocycles. The summed E-state index contributed by atoms with van der Waals surface area (Å²) < 4.78 is 0. The van der Waals surface area contributed by atoms with Gasteiger partial charge in [-0.15, -0.1) is 12.4 Å². The predicted octanol–water partition coefficient (Wildman–Crippen LogP) is 2.20. The number of nitrogens with one attached hydrogen (secondary N) is 2. The topological polar surface area (TPSA) is 61.4 Å². The molecule has 0 saturated carbocycles. The Bertz CT molecular complexity index is 536. The van der Waals surface area contributed by atoms with Crippen molar-refractivity contribution in [2.75, 3.05) is 27.2 Å². The summed E-state index contributed by atoms with van der Waals surface area (Å²) in [7, 11) is 3.89. The number of benzene rings is 1. The maximum Gasteiger partial charge on any atom is 0.251 e. The SMILES string of the molecule is CC(NC(=O)c1ccc(C(C)(C)C)cc1)C(=O)NCCN(C)C.Cl. The summed E-state index contributed by atoms with van der Waals surface area (Å²) >= 11 is 0. The molecule has 136 valence electrons. The molecule has 0 radical (unpaired) electrons. The van der Waals surface area contributed by atoms with Gasteiger partial charge in [-0.3, -0.25) is 9.59 Å². The molecule has 5 nitrogen and oxygen atoms in total. The normalized spacial score (nSPS) is 12.3. The number of halogens is 1. The molecule has 0 heterocycles. The Balaban J connectivity index is 0.00000529. The molecule has 1 aromatic rings. The van der Waals surface area contributed by atoms with E-state index in [2.05, 4.69) is 31.4 Å². The Morgan fingerprint density at radius 3 is 2.12 bits per heavy atom. The van der Waals surface area contributed by atoms with E-state index in [9.17, 15) is 9.59 Å². The second-order valence-corrected chi connectivity index (χ2v) is 7.12. The molecule has 0 fully saturated rings. The van der Waals surface area contributed by atoms with Gasteiger partial charge in [-0.2, -0.15) is 0 Å². The molecule has 1 unspecified atom stereocenters. The van der Waals surface area contributed by atoms with E-state index < -0.39 is 6.04 Å². The van der Waals surface area contributed by atoms with E-state index in [1.54, 1.807) is 19.1 Å². The molecule has 0 spiro atoms. The molecular formula is C18H30ClN3O2. The van der Waals surface area contributed by atoms with Crippen molar-refractivity contribution in [3.8, 4) is 0 Å². The fourth-order valence-electron chi connectivity index (χ4n) is 2.02. The lowest BCUT2D eigenvalue weighted by Gasteiger charge is -2.19. The number of rotatable bonds is 6. The Morgan fingerprint density at radius 2 is 1.67 bits per heavy atom. The Kier molecular flexibility index (Phi) is 9.01. The van der Waals surface area contributed by atoms with Crippen LogP contribution in [0.5, 0.6) is 0 Å². The van der Waals surface area contributed by atoms with Crippen LogP contribution in [0, 0.1) is 0 Å². The summed E-state index contributed by atoms with van der Waals surface area (Å²) in [5, 5.41) is 5.53. The van der Waals surface area contributed by atoms with Gasteiger partial charge in [0.25, 0.3) is 5.91 Å². The maximum absolute atomic E-state index is 12.2. The highest BCUT2D eigenvalue weighted by Gasteiger charge is 2.17. The third-order valence-electron chi connectivity index (χ3n) is 3.61. The molecule has 2 N–H and O–H groups in total. The van der Waals surface area contributed by atoms with Crippen molar-refractivity contribution in [3.05, 3.63) is 35.4 Å². The highest BCUT2D eigenvalue weighted by molar-refractivity contribution is 5.97. The minimum Gasteiger partial charge on any atom is -0.353 e. The van der Waals surface area contributed by atoms with Crippen molar-refractivity contribution in [3.63, 3.8) is 0 Å². The quantitative estimate of drug-likeness (QED) is 0.822. The Labute approximate surface area is 151 Å². The number of likely N-dealkylation sites (N-methyl/N-ethyl adjacent to an activating group) is 1. The van der Waals surface area contributed by atoms with Crippen LogP contribution in [0.3, 0.4) is 0 Å². The fraction of sp³-hybridized carbons (Fsp3) is 0.556. The highest BCUT2D eigenvalue weighted by atomic mass is 35.5. The zero-order valence-corrected chi connectivity index (χ0v) is 16.3. The maximum atomic E-state index is 12.2. The van der Waals surface area contributed by atoms with E-state index in [4.69, 9.17) is 0 Å². The zero-order valence-electron chi connectivity index (χ0n) is 15.5. The summed E-state index contributed by atoms with van der Waals surface area (Å²) in [5.74, 6) is -0.410. The van der Waals surface area contributed by atoms with Crippen LogP contribution in [0.15, 0.2) is 24.3 Å². The van der Waals surface area contributed by atoms with Gasteiger partial charge in [-0.05, 0) is 44.1 Å². The van der Waals surface area contributed by atoms with Crippen LogP contribution in [-0.2, 0) is 10.2 Å². The number of carbonyl (C=O) groups excluding carboxylic acids is 2. The first kappa shape index (κ1) is 22.4. The molecular weight excluding hydrogens is 326 g/mol. The van der Waals surface area contributed by atoms with Gasteiger partial charge < -0.3 is 15.5 Å². The lowest BCUT2D eigenvalue weighted by Crippen LogP contribution is -2.46. The van der Waals surface area contributed by atoms with E-state index in [-0.39, 0.29) is 29.6 Å². The smallest absolute Gasteiger partial charge is 0.251 e. The van der Waals surface area contributed by atoms with Gasteiger partial charge in [0.05, 0.1) is 0 Å². The van der Waals surface area contributed by atoms with Crippen LogP contribution >= 0.6 is 12.4 Å². The van der Waals surface area contributed by atoms with Crippen molar-refractivity contribution in [2.24, 2.45) is 0 Å². The third kappa shape index (κ3) is 7.32. The number of hydrogen-bond donors (Lipinski definition) is 2. The van der Waals surface area contributed by atoms with Crippen molar-refractivity contribution >= 4 is 24.2 Å². The molecule has 1 atom stereocenters. The zero-order chi connectivity index (χ0) is 17.6. The minimum absolute atomic E-state index is 0. The van der Waals surface area contributed by atoms with E-state index in [0.717, 1.165) is 6.54 Å². The van der Waals surface area contributed by atoms with Gasteiger partial charge in [0.2, 0.25) is 5.91 Å². The monoisotopic (exact) mass is 355 g/mol. The van der Waals surface area contributed by atoms with Crippen LogP contribution in [0.1, 0.15) is 43.6 Å². The average Bonchev–Trinajstić information content (AvgIpc) is 2.45. The Hall–Kier alpha value is -1.59. The van der Waals surface area contributed by atoms with E-state index in [1.165, 1.54) is 5.56 Å². The molecule has 24 heavy (non-hydrogen) atoms. The number of nitrogens with zero attached hydrogens (tertiary/aromatic N) is 1. The van der Waals surface area contributed by atoms with Gasteiger partial charge in [-0.25, -0.2) is 0 Å². The molecule has 1 aromatic carbocycles. The van der Waals surface area contributed by atoms with Crippen LogP contribution in [0.4, 0.5) is 0 Å². The lowest BCUT2D eigenvalue weighted by atomic mass is 9.86. The van der Waals surface area contributed by atoms with Crippen LogP contribution < -0.4 is 10.6 Å². The third-order valence-corrected chi connectivity index (χ3v) is 3.61. The van der Waals surface area contributed by atoms with Gasteiger partial charge >= 0.3 is 0 Å². The molecule has 0 bridgehead atoms. The van der Waals surface area contributed by atoms with Crippen LogP contribution in [-0.4, -0.2) is 49.9 Å². The largest absolute Gasteiger partial charge is 0.353 e. The van der Waals surface area contributed by atoms with Crippen molar-refractivity contribution in [1.29, 1.82) is 0 Å². The molecule has 0 aliphatic heterocycles. The first-order valence-electron chi connectivity index (χ1n) is 7.95. The fourth-order valence-corrected chi connectivity index (χ4v) is 2.02. The minimum atomic E-state index is -0.563. The first-order valence-corrected chi connectivity index (χ1v) is 7.95. The molecule has 0 saturated heterocycles. The number of hydrogen-bond acceptors (Lipinski definition) is 3. The standard InChI is InChI=1S/C18H29N3O2.ClH/c1-13(16(22)19-11-12-21(5)6)20-17(23)14-7-9-15(10-8-14)18(2,3)4;/h7-10,13H,11-12H2,1-6H3,(H,19,22)(H,20,23);1H. The first-order chi connectivity index (χ1) is 10.6. The average molecular weight is 356 g/mol. The van der Waals surface area contributed by atoms with Crippen LogP contribution in [0.25, 0.3) is 0 Å². The summed E-state index contributed by atoms with van der Waals surface area (Å²) in [6.07, 6.45) is 0. The highest BCUT2D eigenvalue weighted by Crippen LogP contribution is 2.22. The van der Waals surface area contributed by atoms with Crippen molar-refractivity contribution in [1.82, 2.24) is 15.5 Å². The van der Waals surface area contributed by atoms with E-state index in [1.807, 2.05) is 31.1 Å². The van der Waals surface area contributed by atoms with Gasteiger partial charge in [0.1, 0.15) is 6.04 Å². The molecule has 0 aliphatic carbocycles. The van der Waals surface area contributed by atoms with E-state index in [0.29, 0.717) is 12.1 Å². The molecule has 1 rings (SSSR count). The summed E-state index contributed by atoms with van der Waals surface area (Å²) in [4.78, 5) is 26.1. The summed E-state index contributed by atoms with van der Waals surface area (Å²) in [5.41, 5.74) is 1.78. The van der Waals surface area contributed by atoms with E-state index >= 15 is 0 Å². The van der Waals surface area contributed by atoms with Crippen molar-refractivity contribution in [2.45, 2.75) is 39.2 Å². The van der Waals surface area contributed by atoms with Crippen LogP contribution in [0.2, 0.25) is 0 Å². The molecule has 6 heteroatoms.